The van der Waals surface area contributed by atoms with Crippen molar-refractivity contribution in [2.24, 2.45) is 17.6 Å². The quantitative estimate of drug-likeness (QED) is 0.847. The van der Waals surface area contributed by atoms with Crippen LogP contribution in [0.1, 0.15) is 55.6 Å². The summed E-state index contributed by atoms with van der Waals surface area (Å²) in [5, 5.41) is 0. The summed E-state index contributed by atoms with van der Waals surface area (Å²) in [7, 11) is 0. The Hall–Kier alpha value is -0.890. The van der Waals surface area contributed by atoms with E-state index in [4.69, 9.17) is 5.73 Å². The first kappa shape index (κ1) is 12.6. The molecule has 1 aliphatic rings. The zero-order valence-electron chi connectivity index (χ0n) is 11.2. The van der Waals surface area contributed by atoms with Crippen molar-refractivity contribution in [3.05, 3.63) is 29.1 Å². The lowest BCUT2D eigenvalue weighted by Crippen LogP contribution is -2.27. The highest BCUT2D eigenvalue weighted by molar-refractivity contribution is 5.25. The SMILES string of the molecule is Cc1ccc(C(N)C2CCCC(C)C2)c(C)n1. The van der Waals surface area contributed by atoms with E-state index in [0.29, 0.717) is 5.92 Å². The van der Waals surface area contributed by atoms with Crippen molar-refractivity contribution in [1.82, 2.24) is 4.98 Å². The van der Waals surface area contributed by atoms with Gasteiger partial charge in [0.1, 0.15) is 0 Å². The van der Waals surface area contributed by atoms with E-state index < -0.39 is 0 Å². The highest BCUT2D eigenvalue weighted by Gasteiger charge is 2.26. The second-order valence-corrected chi connectivity index (χ2v) is 5.68. The van der Waals surface area contributed by atoms with Crippen molar-refractivity contribution in [1.29, 1.82) is 0 Å². The van der Waals surface area contributed by atoms with Crippen molar-refractivity contribution in [3.8, 4) is 0 Å². The average molecular weight is 232 g/mol. The first-order chi connectivity index (χ1) is 8.08. The molecule has 2 N–H and O–H groups in total. The number of aromatic nitrogens is 1. The largest absolute Gasteiger partial charge is 0.324 e. The Morgan fingerprint density at radius 1 is 1.29 bits per heavy atom. The maximum atomic E-state index is 6.44. The number of nitrogens with zero attached hydrogens (tertiary/aromatic N) is 1. The number of nitrogens with two attached hydrogens (primary N) is 1. The number of aryl methyl sites for hydroxylation is 2. The Bertz CT molecular complexity index is 387. The van der Waals surface area contributed by atoms with Crippen molar-refractivity contribution in [3.63, 3.8) is 0 Å². The second-order valence-electron chi connectivity index (χ2n) is 5.68. The molecule has 0 radical (unpaired) electrons. The molecular weight excluding hydrogens is 208 g/mol. The fraction of sp³-hybridized carbons (Fsp3) is 0.667. The van der Waals surface area contributed by atoms with Crippen LogP contribution in [0.5, 0.6) is 0 Å². The third-order valence-corrected chi connectivity index (χ3v) is 4.11. The molecule has 0 spiro atoms. The molecule has 2 nitrogen and oxygen atoms in total. The van der Waals surface area contributed by atoms with E-state index in [0.717, 1.165) is 17.3 Å². The minimum atomic E-state index is 0.172. The van der Waals surface area contributed by atoms with Gasteiger partial charge in [0.2, 0.25) is 0 Å². The van der Waals surface area contributed by atoms with E-state index in [1.807, 2.05) is 6.92 Å². The van der Waals surface area contributed by atoms with E-state index in [9.17, 15) is 0 Å². The molecule has 3 atom stereocenters. The molecule has 1 saturated carbocycles. The normalized spacial score (nSPS) is 26.8. The van der Waals surface area contributed by atoms with E-state index in [-0.39, 0.29) is 6.04 Å². The number of rotatable bonds is 2. The third kappa shape index (κ3) is 2.86. The lowest BCUT2D eigenvalue weighted by molar-refractivity contribution is 0.247. The molecule has 0 bridgehead atoms. The Morgan fingerprint density at radius 3 is 2.71 bits per heavy atom. The van der Waals surface area contributed by atoms with Gasteiger partial charge in [-0.15, -0.1) is 0 Å². The maximum Gasteiger partial charge on any atom is 0.0423 e. The first-order valence-electron chi connectivity index (χ1n) is 6.77. The summed E-state index contributed by atoms with van der Waals surface area (Å²) < 4.78 is 0. The van der Waals surface area contributed by atoms with E-state index in [1.165, 1.54) is 31.2 Å². The van der Waals surface area contributed by atoms with Crippen LogP contribution in [0.15, 0.2) is 12.1 Å². The Kier molecular flexibility index (Phi) is 3.82. The molecule has 94 valence electrons. The number of hydrogen-bond acceptors (Lipinski definition) is 2. The first-order valence-corrected chi connectivity index (χ1v) is 6.77. The fourth-order valence-corrected chi connectivity index (χ4v) is 3.11. The monoisotopic (exact) mass is 232 g/mol. The Morgan fingerprint density at radius 2 is 2.06 bits per heavy atom. The van der Waals surface area contributed by atoms with Gasteiger partial charge in [-0.1, -0.05) is 25.8 Å². The molecule has 1 aromatic rings. The summed E-state index contributed by atoms with van der Waals surface area (Å²) >= 11 is 0. The van der Waals surface area contributed by atoms with Crippen LogP contribution in [-0.2, 0) is 0 Å². The predicted octanol–water partition coefficient (Wildman–Crippen LogP) is 3.52. The molecule has 0 aliphatic heterocycles. The van der Waals surface area contributed by atoms with Crippen LogP contribution in [0.3, 0.4) is 0 Å². The minimum Gasteiger partial charge on any atom is -0.324 e. The van der Waals surface area contributed by atoms with Gasteiger partial charge >= 0.3 is 0 Å². The van der Waals surface area contributed by atoms with Gasteiger partial charge in [0.25, 0.3) is 0 Å². The van der Waals surface area contributed by atoms with Gasteiger partial charge in [-0.05, 0) is 50.2 Å². The highest BCUT2D eigenvalue weighted by atomic mass is 14.7. The maximum absolute atomic E-state index is 6.44. The van der Waals surface area contributed by atoms with Crippen LogP contribution in [0.25, 0.3) is 0 Å². The van der Waals surface area contributed by atoms with Gasteiger partial charge in [-0.3, -0.25) is 4.98 Å². The van der Waals surface area contributed by atoms with Crippen molar-refractivity contribution >= 4 is 0 Å². The second kappa shape index (κ2) is 5.18. The van der Waals surface area contributed by atoms with E-state index >= 15 is 0 Å². The van der Waals surface area contributed by atoms with Crippen LogP contribution in [0.4, 0.5) is 0 Å². The standard InChI is InChI=1S/C15H24N2/c1-10-5-4-6-13(9-10)15(16)14-8-7-11(2)17-12(14)3/h7-8,10,13,15H,4-6,9,16H2,1-3H3. The Labute approximate surface area is 105 Å². The van der Waals surface area contributed by atoms with Gasteiger partial charge in [0, 0.05) is 17.4 Å². The molecule has 2 heteroatoms. The van der Waals surface area contributed by atoms with Crippen molar-refractivity contribution in [2.75, 3.05) is 0 Å². The third-order valence-electron chi connectivity index (χ3n) is 4.11. The van der Waals surface area contributed by atoms with E-state index in [1.54, 1.807) is 0 Å². The van der Waals surface area contributed by atoms with Gasteiger partial charge in [-0.2, -0.15) is 0 Å². The lowest BCUT2D eigenvalue weighted by atomic mass is 9.77. The summed E-state index contributed by atoms with van der Waals surface area (Å²) in [6, 6.07) is 4.42. The number of hydrogen-bond donors (Lipinski definition) is 1. The minimum absolute atomic E-state index is 0.172. The van der Waals surface area contributed by atoms with Crippen molar-refractivity contribution < 1.29 is 0 Å². The van der Waals surface area contributed by atoms with Crippen LogP contribution in [0.2, 0.25) is 0 Å². The van der Waals surface area contributed by atoms with Gasteiger partial charge in [0.05, 0.1) is 0 Å². The molecule has 2 rings (SSSR count). The molecule has 1 aliphatic carbocycles. The zero-order chi connectivity index (χ0) is 12.4. The number of pyridine rings is 1. The highest BCUT2D eigenvalue weighted by Crippen LogP contribution is 2.36. The smallest absolute Gasteiger partial charge is 0.0423 e. The fourth-order valence-electron chi connectivity index (χ4n) is 3.11. The molecule has 0 aromatic carbocycles. The van der Waals surface area contributed by atoms with Gasteiger partial charge in [-0.25, -0.2) is 0 Å². The molecule has 17 heavy (non-hydrogen) atoms. The molecule has 1 fully saturated rings. The predicted molar refractivity (Wildman–Crippen MR) is 71.8 cm³/mol. The molecule has 3 unspecified atom stereocenters. The van der Waals surface area contributed by atoms with Crippen LogP contribution >= 0.6 is 0 Å². The molecular formula is C15H24N2. The topological polar surface area (TPSA) is 38.9 Å². The average Bonchev–Trinajstić information content (AvgIpc) is 2.28. The van der Waals surface area contributed by atoms with E-state index in [2.05, 4.69) is 31.0 Å². The molecule has 1 aromatic heterocycles. The van der Waals surface area contributed by atoms with Crippen LogP contribution in [0, 0.1) is 25.7 Å². The summed E-state index contributed by atoms with van der Waals surface area (Å²) in [5.41, 5.74) is 9.87. The summed E-state index contributed by atoms with van der Waals surface area (Å²) in [5.74, 6) is 1.47. The molecule has 1 heterocycles. The van der Waals surface area contributed by atoms with Gasteiger partial charge < -0.3 is 5.73 Å². The molecule has 0 amide bonds. The summed E-state index contributed by atoms with van der Waals surface area (Å²) in [6.07, 6.45) is 5.25. The lowest BCUT2D eigenvalue weighted by Gasteiger charge is -2.31. The van der Waals surface area contributed by atoms with Crippen LogP contribution < -0.4 is 5.73 Å². The molecule has 0 saturated heterocycles. The zero-order valence-corrected chi connectivity index (χ0v) is 11.2. The summed E-state index contributed by atoms with van der Waals surface area (Å²) in [6.45, 7) is 6.46. The van der Waals surface area contributed by atoms with Gasteiger partial charge in [0.15, 0.2) is 0 Å². The summed E-state index contributed by atoms with van der Waals surface area (Å²) in [4.78, 5) is 4.53. The Balaban J connectivity index is 2.15. The van der Waals surface area contributed by atoms with Crippen LogP contribution in [-0.4, -0.2) is 4.98 Å². The van der Waals surface area contributed by atoms with Crippen molar-refractivity contribution in [2.45, 2.75) is 52.5 Å².